The normalized spacial score (nSPS) is 17.1. The minimum absolute atomic E-state index is 0.961. The van der Waals surface area contributed by atoms with Crippen molar-refractivity contribution >= 4 is 16.5 Å². The van der Waals surface area contributed by atoms with E-state index in [0.29, 0.717) is 0 Å². The van der Waals surface area contributed by atoms with Gasteiger partial charge >= 0.3 is 0 Å². The zero-order chi connectivity index (χ0) is 10.5. The first kappa shape index (κ1) is 10.8. The molecule has 1 fully saturated rings. The Morgan fingerprint density at radius 2 is 2.20 bits per heavy atom. The average Bonchev–Trinajstić information content (AvgIpc) is 2.87. The molecule has 1 aliphatic heterocycles. The van der Waals surface area contributed by atoms with Crippen molar-refractivity contribution in [2.24, 2.45) is 0 Å². The fourth-order valence-electron chi connectivity index (χ4n) is 1.84. The molecule has 1 N–H and O–H groups in total. The van der Waals surface area contributed by atoms with Crippen molar-refractivity contribution in [2.75, 3.05) is 25.0 Å². The summed E-state index contributed by atoms with van der Waals surface area (Å²) in [5.41, 5.74) is 1.12. The highest BCUT2D eigenvalue weighted by Crippen LogP contribution is 2.21. The van der Waals surface area contributed by atoms with Gasteiger partial charge in [0, 0.05) is 24.6 Å². The molecular formula is C10H18N4S. The van der Waals surface area contributed by atoms with Crippen molar-refractivity contribution in [3.8, 4) is 0 Å². The Morgan fingerprint density at radius 1 is 1.40 bits per heavy atom. The van der Waals surface area contributed by atoms with Crippen LogP contribution in [0.15, 0.2) is 0 Å². The van der Waals surface area contributed by atoms with E-state index in [2.05, 4.69) is 26.7 Å². The lowest BCUT2D eigenvalue weighted by Gasteiger charge is -2.13. The second-order valence-electron chi connectivity index (χ2n) is 3.96. The van der Waals surface area contributed by atoms with Gasteiger partial charge in [-0.15, -0.1) is 5.10 Å². The fourth-order valence-corrected chi connectivity index (χ4v) is 2.44. The number of likely N-dealkylation sites (tertiary alicyclic amines) is 1. The number of rotatable bonds is 5. The molecule has 1 aliphatic rings. The third-order valence-corrected chi connectivity index (χ3v) is 3.39. The third-order valence-electron chi connectivity index (χ3n) is 2.66. The van der Waals surface area contributed by atoms with Crippen LogP contribution in [0.4, 0.5) is 5.00 Å². The molecule has 0 aromatic carbocycles. The molecule has 84 valence electrons. The van der Waals surface area contributed by atoms with Crippen LogP contribution in [0.2, 0.25) is 0 Å². The molecule has 0 aliphatic carbocycles. The molecule has 0 amide bonds. The highest BCUT2D eigenvalue weighted by atomic mass is 32.1. The summed E-state index contributed by atoms with van der Waals surface area (Å²) in [4.78, 5) is 2.45. The van der Waals surface area contributed by atoms with Crippen LogP contribution in [0.3, 0.4) is 0 Å². The molecule has 5 heteroatoms. The van der Waals surface area contributed by atoms with Crippen LogP contribution in [-0.2, 0) is 6.54 Å². The molecule has 2 heterocycles. The minimum atomic E-state index is 0.961. The molecule has 2 rings (SSSR count). The van der Waals surface area contributed by atoms with E-state index in [1.807, 2.05) is 0 Å². The molecule has 4 nitrogen and oxygen atoms in total. The van der Waals surface area contributed by atoms with Gasteiger partial charge in [-0.2, -0.15) is 0 Å². The largest absolute Gasteiger partial charge is 0.374 e. The van der Waals surface area contributed by atoms with Gasteiger partial charge in [-0.1, -0.05) is 11.4 Å². The maximum atomic E-state index is 4.20. The van der Waals surface area contributed by atoms with Gasteiger partial charge in [-0.3, -0.25) is 4.90 Å². The van der Waals surface area contributed by atoms with E-state index in [0.717, 1.165) is 30.2 Å². The lowest BCUT2D eigenvalue weighted by atomic mass is 10.4. The molecule has 1 saturated heterocycles. The smallest absolute Gasteiger partial charge is 0.134 e. The van der Waals surface area contributed by atoms with E-state index in [-0.39, 0.29) is 0 Å². The minimum Gasteiger partial charge on any atom is -0.374 e. The number of aromatic nitrogens is 2. The molecule has 0 unspecified atom stereocenters. The number of nitrogens with zero attached hydrogens (tertiary/aromatic N) is 3. The number of nitrogens with one attached hydrogen (secondary N) is 1. The molecule has 0 spiro atoms. The second kappa shape index (κ2) is 5.42. The zero-order valence-electron chi connectivity index (χ0n) is 9.20. The Kier molecular flexibility index (Phi) is 3.91. The van der Waals surface area contributed by atoms with Crippen LogP contribution in [0.1, 0.15) is 31.9 Å². The van der Waals surface area contributed by atoms with E-state index in [4.69, 9.17) is 0 Å². The molecule has 1 aromatic heterocycles. The zero-order valence-corrected chi connectivity index (χ0v) is 10.0. The molecule has 0 atom stereocenters. The Hall–Kier alpha value is -0.680. The van der Waals surface area contributed by atoms with E-state index >= 15 is 0 Å². The van der Waals surface area contributed by atoms with Gasteiger partial charge < -0.3 is 5.32 Å². The molecule has 1 aromatic rings. The third kappa shape index (κ3) is 2.89. The van der Waals surface area contributed by atoms with Gasteiger partial charge in [0.1, 0.15) is 10.7 Å². The monoisotopic (exact) mass is 226 g/mol. The summed E-state index contributed by atoms with van der Waals surface area (Å²) in [5.74, 6) is 0. The molecule has 0 saturated carbocycles. The molecule has 0 radical (unpaired) electrons. The number of hydrogen-bond acceptors (Lipinski definition) is 5. The van der Waals surface area contributed by atoms with Crippen molar-refractivity contribution in [2.45, 2.75) is 32.7 Å². The van der Waals surface area contributed by atoms with Crippen LogP contribution in [0, 0.1) is 0 Å². The van der Waals surface area contributed by atoms with Crippen molar-refractivity contribution in [1.82, 2.24) is 14.5 Å². The van der Waals surface area contributed by atoms with Crippen LogP contribution in [-0.4, -0.2) is 34.1 Å². The van der Waals surface area contributed by atoms with E-state index < -0.39 is 0 Å². The first-order chi connectivity index (χ1) is 7.40. The molecular weight excluding hydrogens is 208 g/mol. The van der Waals surface area contributed by atoms with Crippen molar-refractivity contribution in [1.29, 1.82) is 0 Å². The van der Waals surface area contributed by atoms with Crippen LogP contribution in [0.5, 0.6) is 0 Å². The summed E-state index contributed by atoms with van der Waals surface area (Å²) in [6.45, 7) is 6.57. The predicted octanol–water partition coefficient (Wildman–Crippen LogP) is 1.96. The topological polar surface area (TPSA) is 41.1 Å². The average molecular weight is 226 g/mol. The molecule has 15 heavy (non-hydrogen) atoms. The van der Waals surface area contributed by atoms with E-state index in [9.17, 15) is 0 Å². The summed E-state index contributed by atoms with van der Waals surface area (Å²) < 4.78 is 4.02. The SMILES string of the molecule is CCCNc1snnc1CN1CCCC1. The summed E-state index contributed by atoms with van der Waals surface area (Å²) in [6, 6.07) is 0. The van der Waals surface area contributed by atoms with Crippen molar-refractivity contribution < 1.29 is 0 Å². The van der Waals surface area contributed by atoms with Crippen LogP contribution < -0.4 is 5.32 Å². The van der Waals surface area contributed by atoms with Crippen molar-refractivity contribution in [3.05, 3.63) is 5.69 Å². The Balaban J connectivity index is 1.91. The van der Waals surface area contributed by atoms with E-state index in [1.165, 1.54) is 37.5 Å². The summed E-state index contributed by atoms with van der Waals surface area (Å²) >= 11 is 1.47. The van der Waals surface area contributed by atoms with Gasteiger partial charge in [0.05, 0.1) is 0 Å². The van der Waals surface area contributed by atoms with Gasteiger partial charge in [-0.05, 0) is 32.4 Å². The summed E-state index contributed by atoms with van der Waals surface area (Å²) in [7, 11) is 0. The Morgan fingerprint density at radius 3 is 2.93 bits per heavy atom. The van der Waals surface area contributed by atoms with Gasteiger partial charge in [-0.25, -0.2) is 0 Å². The van der Waals surface area contributed by atoms with Crippen LogP contribution >= 0.6 is 11.5 Å². The first-order valence-electron chi connectivity index (χ1n) is 5.67. The van der Waals surface area contributed by atoms with E-state index in [1.54, 1.807) is 0 Å². The van der Waals surface area contributed by atoms with Gasteiger partial charge in [0.2, 0.25) is 0 Å². The first-order valence-corrected chi connectivity index (χ1v) is 6.45. The van der Waals surface area contributed by atoms with Crippen LogP contribution in [0.25, 0.3) is 0 Å². The van der Waals surface area contributed by atoms with Gasteiger partial charge in [0.25, 0.3) is 0 Å². The lowest BCUT2D eigenvalue weighted by molar-refractivity contribution is 0.327. The number of hydrogen-bond donors (Lipinski definition) is 1. The maximum Gasteiger partial charge on any atom is 0.134 e. The lowest BCUT2D eigenvalue weighted by Crippen LogP contribution is -2.19. The Labute approximate surface area is 94.8 Å². The summed E-state index contributed by atoms with van der Waals surface area (Å²) in [5, 5.41) is 8.74. The fraction of sp³-hybridized carbons (Fsp3) is 0.800. The second-order valence-corrected chi connectivity index (χ2v) is 4.71. The summed E-state index contributed by atoms with van der Waals surface area (Å²) in [6.07, 6.45) is 3.80. The standard InChI is InChI=1S/C10H18N4S/c1-2-5-11-10-9(12-13-15-10)8-14-6-3-4-7-14/h11H,2-8H2,1H3. The highest BCUT2D eigenvalue weighted by molar-refractivity contribution is 7.10. The predicted molar refractivity (Wildman–Crippen MR) is 63.2 cm³/mol. The molecule has 0 bridgehead atoms. The maximum absolute atomic E-state index is 4.20. The van der Waals surface area contributed by atoms with Gasteiger partial charge in [0.15, 0.2) is 0 Å². The van der Waals surface area contributed by atoms with Crippen molar-refractivity contribution in [3.63, 3.8) is 0 Å². The quantitative estimate of drug-likeness (QED) is 0.833. The number of anilines is 1. The highest BCUT2D eigenvalue weighted by Gasteiger charge is 2.15. The Bertz CT molecular complexity index is 293.